The van der Waals surface area contributed by atoms with Crippen LogP contribution in [0.5, 0.6) is 0 Å². The Morgan fingerprint density at radius 2 is 1.56 bits per heavy atom. The molecule has 0 unspecified atom stereocenters. The van der Waals surface area contributed by atoms with Crippen molar-refractivity contribution in [3.63, 3.8) is 0 Å². The number of ether oxygens (including phenoxy) is 1. The number of nitrogens with one attached hydrogen (secondary N) is 2. The van der Waals surface area contributed by atoms with Crippen LogP contribution in [0, 0.1) is 17.8 Å². The average molecular weight is 371 g/mol. The van der Waals surface area contributed by atoms with Crippen LogP contribution in [0.3, 0.4) is 0 Å². The van der Waals surface area contributed by atoms with Gasteiger partial charge in [0.1, 0.15) is 0 Å². The second-order valence-corrected chi connectivity index (χ2v) is 8.40. The molecule has 4 saturated carbocycles. The fourth-order valence-electron chi connectivity index (χ4n) is 5.53. The molecule has 144 valence electrons. The Morgan fingerprint density at radius 3 is 2.11 bits per heavy atom. The lowest BCUT2D eigenvalue weighted by Crippen LogP contribution is -2.62. The van der Waals surface area contributed by atoms with Crippen molar-refractivity contribution in [2.24, 2.45) is 17.8 Å². The fourth-order valence-corrected chi connectivity index (χ4v) is 5.53. The third-order valence-corrected chi connectivity index (χ3v) is 6.15. The molecule has 4 aliphatic carbocycles. The van der Waals surface area contributed by atoms with Crippen LogP contribution in [-0.2, 0) is 9.53 Å². The molecule has 0 atom stereocenters. The summed E-state index contributed by atoms with van der Waals surface area (Å²) in [5.41, 5.74) is 6.23. The molecule has 0 radical (unpaired) electrons. The van der Waals surface area contributed by atoms with Gasteiger partial charge in [-0.25, -0.2) is 9.59 Å². The average Bonchev–Trinajstić information content (AvgIpc) is 2.58. The van der Waals surface area contributed by atoms with E-state index in [0.29, 0.717) is 29.0 Å². The quantitative estimate of drug-likeness (QED) is 0.555. The molecular weight excluding hydrogens is 346 g/mol. The number of benzene rings is 1. The standard InChI is InChI=1S/C20H25N3O4/c21-16-3-1-15(2-4-16)18(25)27-11-17(24)22-19(26)23-20-8-12-5-13(9-20)7-14(6-12)10-20/h1-4,12-14H,5-11,21H2,(H2,22,23,24,26). The number of carbonyl (C=O) groups excluding carboxylic acids is 3. The van der Waals surface area contributed by atoms with Crippen LogP contribution >= 0.6 is 0 Å². The Bertz CT molecular complexity index is 724. The molecule has 27 heavy (non-hydrogen) atoms. The SMILES string of the molecule is Nc1ccc(C(=O)OCC(=O)NC(=O)NC23CC4CC(CC(C4)C2)C3)cc1. The van der Waals surface area contributed by atoms with Crippen LogP contribution in [0.1, 0.15) is 48.9 Å². The minimum absolute atomic E-state index is 0.167. The summed E-state index contributed by atoms with van der Waals surface area (Å²) in [4.78, 5) is 36.2. The van der Waals surface area contributed by atoms with Gasteiger partial charge < -0.3 is 15.8 Å². The predicted octanol–water partition coefficient (Wildman–Crippen LogP) is 2.22. The normalized spacial score (nSPS) is 30.6. The molecule has 0 saturated heterocycles. The van der Waals surface area contributed by atoms with E-state index in [9.17, 15) is 14.4 Å². The van der Waals surface area contributed by atoms with Gasteiger partial charge in [-0.15, -0.1) is 0 Å². The summed E-state index contributed by atoms with van der Waals surface area (Å²) in [6, 6.07) is 5.71. The number of esters is 1. The number of imide groups is 1. The third-order valence-electron chi connectivity index (χ3n) is 6.15. The second-order valence-electron chi connectivity index (χ2n) is 8.40. The highest BCUT2D eigenvalue weighted by molar-refractivity contribution is 5.97. The first-order valence-electron chi connectivity index (χ1n) is 9.55. The zero-order valence-electron chi connectivity index (χ0n) is 15.2. The van der Waals surface area contributed by atoms with Crippen molar-refractivity contribution in [2.75, 3.05) is 12.3 Å². The van der Waals surface area contributed by atoms with Crippen LogP contribution in [0.25, 0.3) is 0 Å². The predicted molar refractivity (Wildman–Crippen MR) is 98.7 cm³/mol. The molecule has 1 aromatic carbocycles. The molecular formula is C20H25N3O4. The molecule has 4 fully saturated rings. The minimum Gasteiger partial charge on any atom is -0.452 e. The maximum absolute atomic E-state index is 12.3. The summed E-state index contributed by atoms with van der Waals surface area (Å²) in [5, 5.41) is 5.34. The van der Waals surface area contributed by atoms with Crippen molar-refractivity contribution in [2.45, 2.75) is 44.1 Å². The van der Waals surface area contributed by atoms with E-state index in [0.717, 1.165) is 19.3 Å². The largest absolute Gasteiger partial charge is 0.452 e. The number of urea groups is 1. The van der Waals surface area contributed by atoms with Gasteiger partial charge in [0.05, 0.1) is 5.56 Å². The molecule has 0 aliphatic heterocycles. The molecule has 3 amide bonds. The number of amides is 3. The lowest BCUT2D eigenvalue weighted by atomic mass is 9.53. The van der Waals surface area contributed by atoms with E-state index in [1.54, 1.807) is 12.1 Å². The second kappa shape index (κ2) is 6.87. The van der Waals surface area contributed by atoms with Crippen molar-refractivity contribution < 1.29 is 19.1 Å². The molecule has 0 aromatic heterocycles. The van der Waals surface area contributed by atoms with Gasteiger partial charge in [0, 0.05) is 11.2 Å². The molecule has 4 aliphatic rings. The molecule has 4 N–H and O–H groups in total. The first-order chi connectivity index (χ1) is 12.9. The Balaban J connectivity index is 1.25. The third kappa shape index (κ3) is 3.91. The summed E-state index contributed by atoms with van der Waals surface area (Å²) in [6.07, 6.45) is 6.86. The van der Waals surface area contributed by atoms with Crippen LogP contribution < -0.4 is 16.4 Å². The smallest absolute Gasteiger partial charge is 0.338 e. The number of carbonyl (C=O) groups is 3. The topological polar surface area (TPSA) is 111 Å². The number of rotatable bonds is 4. The van der Waals surface area contributed by atoms with Gasteiger partial charge in [0.25, 0.3) is 5.91 Å². The van der Waals surface area contributed by atoms with Crippen LogP contribution in [0.15, 0.2) is 24.3 Å². The highest BCUT2D eigenvalue weighted by Crippen LogP contribution is 2.55. The van der Waals surface area contributed by atoms with Crippen molar-refractivity contribution in [3.05, 3.63) is 29.8 Å². The zero-order valence-corrected chi connectivity index (χ0v) is 15.2. The maximum atomic E-state index is 12.3. The fraction of sp³-hybridized carbons (Fsp3) is 0.550. The van der Waals surface area contributed by atoms with E-state index in [4.69, 9.17) is 10.5 Å². The lowest BCUT2D eigenvalue weighted by Gasteiger charge is -2.56. The van der Waals surface area contributed by atoms with Gasteiger partial charge in [-0.3, -0.25) is 10.1 Å². The first-order valence-corrected chi connectivity index (χ1v) is 9.55. The highest BCUT2D eigenvalue weighted by Gasteiger charge is 2.51. The molecule has 0 spiro atoms. The molecule has 7 heteroatoms. The van der Waals surface area contributed by atoms with Crippen molar-refractivity contribution >= 4 is 23.6 Å². The summed E-state index contributed by atoms with van der Waals surface area (Å²) in [5.74, 6) is 0.835. The van der Waals surface area contributed by atoms with Gasteiger partial charge in [-0.1, -0.05) is 0 Å². The monoisotopic (exact) mass is 371 g/mol. The summed E-state index contributed by atoms with van der Waals surface area (Å²) in [6.45, 7) is -0.502. The molecule has 4 bridgehead atoms. The van der Waals surface area contributed by atoms with E-state index in [-0.39, 0.29) is 5.54 Å². The summed E-state index contributed by atoms with van der Waals surface area (Å²) in [7, 11) is 0. The molecule has 5 rings (SSSR count). The van der Waals surface area contributed by atoms with E-state index >= 15 is 0 Å². The van der Waals surface area contributed by atoms with Crippen LogP contribution in [-0.4, -0.2) is 30.1 Å². The highest BCUT2D eigenvalue weighted by atomic mass is 16.5. The Hall–Kier alpha value is -2.57. The van der Waals surface area contributed by atoms with Crippen molar-refractivity contribution in [1.29, 1.82) is 0 Å². The lowest BCUT2D eigenvalue weighted by molar-refractivity contribution is -0.123. The van der Waals surface area contributed by atoms with Gasteiger partial charge in [0.15, 0.2) is 6.61 Å². The van der Waals surface area contributed by atoms with Crippen molar-refractivity contribution in [1.82, 2.24) is 10.6 Å². The number of hydrogen-bond donors (Lipinski definition) is 3. The first kappa shape index (κ1) is 17.8. The number of anilines is 1. The van der Waals surface area contributed by atoms with Gasteiger partial charge >= 0.3 is 12.0 Å². The Kier molecular flexibility index (Phi) is 4.53. The van der Waals surface area contributed by atoms with E-state index in [1.165, 1.54) is 31.4 Å². The van der Waals surface area contributed by atoms with E-state index in [1.807, 2.05) is 0 Å². The number of nitrogens with two attached hydrogens (primary N) is 1. The molecule has 0 heterocycles. The minimum atomic E-state index is -0.638. The maximum Gasteiger partial charge on any atom is 0.338 e. The summed E-state index contributed by atoms with van der Waals surface area (Å²) < 4.78 is 4.95. The van der Waals surface area contributed by atoms with Crippen LogP contribution in [0.4, 0.5) is 10.5 Å². The van der Waals surface area contributed by atoms with E-state index in [2.05, 4.69) is 10.6 Å². The van der Waals surface area contributed by atoms with Crippen molar-refractivity contribution in [3.8, 4) is 0 Å². The van der Waals surface area contributed by atoms with Gasteiger partial charge in [-0.2, -0.15) is 0 Å². The number of hydrogen-bond acceptors (Lipinski definition) is 5. The Labute approximate surface area is 158 Å². The zero-order chi connectivity index (χ0) is 19.0. The van der Waals surface area contributed by atoms with Gasteiger partial charge in [0.2, 0.25) is 0 Å². The van der Waals surface area contributed by atoms with Gasteiger partial charge in [-0.05, 0) is 80.5 Å². The Morgan fingerprint density at radius 1 is 1.00 bits per heavy atom. The molecule has 1 aromatic rings. The summed E-state index contributed by atoms with van der Waals surface area (Å²) >= 11 is 0. The van der Waals surface area contributed by atoms with E-state index < -0.39 is 24.5 Å². The molecule has 7 nitrogen and oxygen atoms in total. The van der Waals surface area contributed by atoms with Crippen LogP contribution in [0.2, 0.25) is 0 Å². The number of nitrogen functional groups attached to an aromatic ring is 1.